The van der Waals surface area contributed by atoms with Crippen LogP contribution < -0.4 is 5.32 Å². The summed E-state index contributed by atoms with van der Waals surface area (Å²) in [6.07, 6.45) is 2.05. The van der Waals surface area contributed by atoms with Crippen LogP contribution in [0.15, 0.2) is 76.0 Å². The van der Waals surface area contributed by atoms with Crippen molar-refractivity contribution in [2.75, 3.05) is 6.54 Å². The fourth-order valence-corrected chi connectivity index (χ4v) is 5.07. The standard InChI is InChI=1S/C26H27N5O5S/c1-16(2)36-25(33)23-17(3)29-26-30(24(23)18-7-9-20(10-8-18)31(34)35)21(15-37-26)14-22(32)28-13-11-19-6-4-5-12-27-19/h4-10,12,15-16,24H,11,13-14H2,1-3H3,(H,28,32)/t24-/m1/s1. The highest BCUT2D eigenvalue weighted by Crippen LogP contribution is 2.45. The van der Waals surface area contributed by atoms with E-state index in [1.165, 1.54) is 23.9 Å². The van der Waals surface area contributed by atoms with Gasteiger partial charge in [-0.25, -0.2) is 9.79 Å². The lowest BCUT2D eigenvalue weighted by Crippen LogP contribution is -2.38. The topological polar surface area (TPSA) is 127 Å². The Labute approximate surface area is 218 Å². The summed E-state index contributed by atoms with van der Waals surface area (Å²) >= 11 is 1.36. The number of carbonyl (C=O) groups excluding carboxylic acids is 2. The van der Waals surface area contributed by atoms with Gasteiger partial charge >= 0.3 is 5.97 Å². The van der Waals surface area contributed by atoms with Gasteiger partial charge in [0.05, 0.1) is 34.8 Å². The second kappa shape index (κ2) is 11.4. The van der Waals surface area contributed by atoms with Gasteiger partial charge in [0.15, 0.2) is 5.17 Å². The lowest BCUT2D eigenvalue weighted by Gasteiger charge is -2.36. The van der Waals surface area contributed by atoms with Gasteiger partial charge in [0.25, 0.3) is 5.69 Å². The van der Waals surface area contributed by atoms with Crippen molar-refractivity contribution in [1.29, 1.82) is 0 Å². The Hall–Kier alpha value is -3.99. The first kappa shape index (κ1) is 26.1. The molecule has 0 radical (unpaired) electrons. The third kappa shape index (κ3) is 6.05. The van der Waals surface area contributed by atoms with E-state index in [2.05, 4.69) is 15.3 Å². The third-order valence-corrected chi connectivity index (χ3v) is 6.64. The van der Waals surface area contributed by atoms with Crippen LogP contribution in [-0.4, -0.2) is 44.5 Å². The van der Waals surface area contributed by atoms with Crippen LogP contribution in [-0.2, 0) is 20.7 Å². The van der Waals surface area contributed by atoms with E-state index in [0.29, 0.717) is 40.7 Å². The van der Waals surface area contributed by atoms with Crippen molar-refractivity contribution in [1.82, 2.24) is 15.2 Å². The van der Waals surface area contributed by atoms with E-state index in [1.54, 1.807) is 39.1 Å². The second-order valence-electron chi connectivity index (χ2n) is 8.79. The van der Waals surface area contributed by atoms with Gasteiger partial charge in [-0.15, -0.1) is 0 Å². The van der Waals surface area contributed by atoms with Gasteiger partial charge in [0.2, 0.25) is 5.91 Å². The molecule has 0 saturated carbocycles. The van der Waals surface area contributed by atoms with Crippen molar-refractivity contribution >= 4 is 34.5 Å². The molecule has 0 bridgehead atoms. The molecule has 0 spiro atoms. The van der Waals surface area contributed by atoms with E-state index in [1.807, 2.05) is 28.5 Å². The summed E-state index contributed by atoms with van der Waals surface area (Å²) in [5.41, 5.74) is 2.98. The molecule has 0 aliphatic carbocycles. The Morgan fingerprint density at radius 1 is 1.22 bits per heavy atom. The second-order valence-corrected chi connectivity index (χ2v) is 9.63. The van der Waals surface area contributed by atoms with Crippen LogP contribution in [0.25, 0.3) is 0 Å². The summed E-state index contributed by atoms with van der Waals surface area (Å²) < 4.78 is 5.52. The van der Waals surface area contributed by atoms with Crippen LogP contribution >= 0.6 is 11.8 Å². The molecule has 1 amide bonds. The van der Waals surface area contributed by atoms with Gasteiger partial charge in [-0.3, -0.25) is 19.9 Å². The number of ether oxygens (including phenoxy) is 1. The molecular weight excluding hydrogens is 494 g/mol. The quantitative estimate of drug-likeness (QED) is 0.295. The Balaban J connectivity index is 1.58. The molecule has 37 heavy (non-hydrogen) atoms. The van der Waals surface area contributed by atoms with Crippen molar-refractivity contribution in [3.8, 4) is 0 Å². The predicted molar refractivity (Wildman–Crippen MR) is 140 cm³/mol. The van der Waals surface area contributed by atoms with Gasteiger partial charge in [0, 0.05) is 42.7 Å². The van der Waals surface area contributed by atoms with Crippen molar-refractivity contribution < 1.29 is 19.2 Å². The summed E-state index contributed by atoms with van der Waals surface area (Å²) in [5, 5.41) is 16.6. The number of aliphatic imine (C=N–C) groups is 1. The number of amidine groups is 1. The molecule has 0 saturated heterocycles. The van der Waals surface area contributed by atoms with Gasteiger partial charge in [-0.05, 0) is 56.0 Å². The van der Waals surface area contributed by atoms with E-state index in [-0.39, 0.29) is 24.1 Å². The zero-order valence-electron chi connectivity index (χ0n) is 20.7. The number of benzene rings is 1. The van der Waals surface area contributed by atoms with Gasteiger partial charge in [0.1, 0.15) is 0 Å². The van der Waals surface area contributed by atoms with Crippen LogP contribution in [0.4, 0.5) is 5.69 Å². The van der Waals surface area contributed by atoms with E-state index in [0.717, 1.165) is 5.69 Å². The Kier molecular flexibility index (Phi) is 8.02. The van der Waals surface area contributed by atoms with E-state index in [4.69, 9.17) is 4.74 Å². The van der Waals surface area contributed by atoms with Gasteiger partial charge in [-0.1, -0.05) is 17.8 Å². The first-order chi connectivity index (χ1) is 17.7. The third-order valence-electron chi connectivity index (χ3n) is 5.75. The molecule has 0 fully saturated rings. The van der Waals surface area contributed by atoms with Crippen molar-refractivity contribution in [2.24, 2.45) is 4.99 Å². The number of non-ortho nitro benzene ring substituents is 1. The number of fused-ring (bicyclic) bond motifs is 1. The van der Waals surface area contributed by atoms with Crippen LogP contribution in [0.3, 0.4) is 0 Å². The molecule has 192 valence electrons. The van der Waals surface area contributed by atoms with Crippen molar-refractivity contribution in [2.45, 2.75) is 45.8 Å². The molecule has 1 aromatic heterocycles. The summed E-state index contributed by atoms with van der Waals surface area (Å²) in [6.45, 7) is 5.70. The van der Waals surface area contributed by atoms with Crippen LogP contribution in [0.2, 0.25) is 0 Å². The molecule has 10 nitrogen and oxygen atoms in total. The maximum absolute atomic E-state index is 13.2. The number of nitrogens with one attached hydrogen (secondary N) is 1. The Morgan fingerprint density at radius 2 is 1.97 bits per heavy atom. The average Bonchev–Trinajstić information content (AvgIpc) is 3.25. The predicted octanol–water partition coefficient (Wildman–Crippen LogP) is 4.27. The summed E-state index contributed by atoms with van der Waals surface area (Å²) in [5.74, 6) is -0.696. The number of allylic oxidation sites excluding steroid dienone is 1. The maximum atomic E-state index is 13.2. The number of nitro groups is 1. The molecule has 4 rings (SSSR count). The highest BCUT2D eigenvalue weighted by Gasteiger charge is 2.41. The van der Waals surface area contributed by atoms with E-state index in [9.17, 15) is 19.7 Å². The first-order valence-electron chi connectivity index (χ1n) is 11.8. The normalized spacial score (nSPS) is 16.8. The smallest absolute Gasteiger partial charge is 0.338 e. The van der Waals surface area contributed by atoms with Crippen LogP contribution in [0.1, 0.15) is 44.5 Å². The highest BCUT2D eigenvalue weighted by molar-refractivity contribution is 8.16. The van der Waals surface area contributed by atoms with E-state index < -0.39 is 16.9 Å². The molecule has 1 N–H and O–H groups in total. The average molecular weight is 522 g/mol. The number of hydrogen-bond acceptors (Lipinski definition) is 9. The monoisotopic (exact) mass is 521 g/mol. The number of amides is 1. The summed E-state index contributed by atoms with van der Waals surface area (Å²) in [7, 11) is 0. The molecule has 1 aromatic carbocycles. The number of thioether (sulfide) groups is 1. The Morgan fingerprint density at radius 3 is 2.62 bits per heavy atom. The number of nitro benzene ring substituents is 1. The van der Waals surface area contributed by atoms with Crippen molar-refractivity contribution in [3.05, 3.63) is 92.4 Å². The van der Waals surface area contributed by atoms with Gasteiger partial charge in [-0.2, -0.15) is 0 Å². The molecule has 3 heterocycles. The summed E-state index contributed by atoms with van der Waals surface area (Å²) in [4.78, 5) is 47.5. The number of nitrogens with zero attached hydrogens (tertiary/aromatic N) is 4. The molecule has 2 aromatic rings. The van der Waals surface area contributed by atoms with Crippen LogP contribution in [0, 0.1) is 10.1 Å². The molecular formula is C26H27N5O5S. The minimum absolute atomic E-state index is 0.0562. The number of carbonyl (C=O) groups is 2. The number of aromatic nitrogens is 1. The van der Waals surface area contributed by atoms with Gasteiger partial charge < -0.3 is 15.0 Å². The van der Waals surface area contributed by atoms with Crippen molar-refractivity contribution in [3.63, 3.8) is 0 Å². The lowest BCUT2D eigenvalue weighted by atomic mass is 9.93. The minimum Gasteiger partial charge on any atom is -0.459 e. The first-order valence-corrected chi connectivity index (χ1v) is 12.7. The molecule has 2 aliphatic heterocycles. The number of pyridine rings is 1. The lowest BCUT2D eigenvalue weighted by molar-refractivity contribution is -0.384. The molecule has 1 atom stereocenters. The molecule has 2 aliphatic rings. The number of esters is 1. The highest BCUT2D eigenvalue weighted by atomic mass is 32.2. The largest absolute Gasteiger partial charge is 0.459 e. The fraction of sp³-hybridized carbons (Fsp3) is 0.308. The maximum Gasteiger partial charge on any atom is 0.338 e. The SMILES string of the molecule is CC1=C(C(=O)OC(C)C)[C@@H](c2ccc([N+](=O)[O-])cc2)N2C(CC(=O)NCCc3ccccn3)=CSC2=N1. The summed E-state index contributed by atoms with van der Waals surface area (Å²) in [6, 6.07) is 11.0. The minimum atomic E-state index is -0.651. The van der Waals surface area contributed by atoms with E-state index >= 15 is 0 Å². The molecule has 0 unspecified atom stereocenters. The Bertz CT molecular complexity index is 1290. The fourth-order valence-electron chi connectivity index (χ4n) is 4.11. The van der Waals surface area contributed by atoms with Crippen LogP contribution in [0.5, 0.6) is 0 Å². The molecule has 11 heteroatoms. The number of rotatable bonds is 9. The zero-order chi connectivity index (χ0) is 26.5. The zero-order valence-corrected chi connectivity index (χ0v) is 21.5. The number of hydrogen-bond donors (Lipinski definition) is 1.